The Balaban J connectivity index is 2.07. The van der Waals surface area contributed by atoms with Crippen molar-refractivity contribution < 1.29 is 14.9 Å². The van der Waals surface area contributed by atoms with Gasteiger partial charge >= 0.3 is 0 Å². The number of ether oxygens (including phenoxy) is 1. The van der Waals surface area contributed by atoms with Gasteiger partial charge in [0, 0.05) is 0 Å². The van der Waals surface area contributed by atoms with Gasteiger partial charge in [-0.1, -0.05) is 0 Å². The molecule has 0 bridgehead atoms. The zero-order valence-corrected chi connectivity index (χ0v) is 11.5. The van der Waals surface area contributed by atoms with Gasteiger partial charge in [0.2, 0.25) is 5.28 Å². The Morgan fingerprint density at radius 1 is 1.35 bits per heavy atom. The maximum absolute atomic E-state index is 10.0. The quantitative estimate of drug-likeness (QED) is 0.523. The highest BCUT2D eigenvalue weighted by atomic mass is 35.5. The van der Waals surface area contributed by atoms with E-state index in [4.69, 9.17) is 33.7 Å². The lowest BCUT2D eigenvalue weighted by atomic mass is 10.1. The molecule has 1 saturated heterocycles. The molecule has 0 spiro atoms. The molecular formula is C10H11Cl2N5O3. The average molecular weight is 320 g/mol. The molecule has 8 nitrogen and oxygen atoms in total. The van der Waals surface area contributed by atoms with E-state index in [2.05, 4.69) is 15.0 Å². The molecule has 0 amide bonds. The lowest BCUT2D eigenvalue weighted by Gasteiger charge is -2.16. The molecule has 1 aliphatic heterocycles. The van der Waals surface area contributed by atoms with Gasteiger partial charge < -0.3 is 20.7 Å². The number of alkyl halides is 1. The predicted molar refractivity (Wildman–Crippen MR) is 71.4 cm³/mol. The van der Waals surface area contributed by atoms with Crippen LogP contribution in [0, 0.1) is 0 Å². The summed E-state index contributed by atoms with van der Waals surface area (Å²) in [6, 6.07) is 0. The van der Waals surface area contributed by atoms with Gasteiger partial charge in [0.05, 0.1) is 12.2 Å². The lowest BCUT2D eigenvalue weighted by Crippen LogP contribution is -2.32. The Labute approximate surface area is 123 Å². The van der Waals surface area contributed by atoms with E-state index in [1.165, 1.54) is 10.9 Å². The second-order valence-electron chi connectivity index (χ2n) is 4.40. The first kappa shape index (κ1) is 13.8. The number of nitrogens with zero attached hydrogens (tertiary/aromatic N) is 4. The van der Waals surface area contributed by atoms with E-state index in [0.717, 1.165) is 0 Å². The number of aliphatic hydroxyl groups excluding tert-OH is 2. The van der Waals surface area contributed by atoms with E-state index in [1.807, 2.05) is 0 Å². The van der Waals surface area contributed by atoms with Crippen molar-refractivity contribution in [3.63, 3.8) is 0 Å². The zero-order chi connectivity index (χ0) is 14.4. The first-order valence-electron chi connectivity index (χ1n) is 5.76. The number of halogens is 2. The van der Waals surface area contributed by atoms with Crippen LogP contribution in [0.15, 0.2) is 6.33 Å². The Hall–Kier alpha value is -1.19. The number of rotatable bonds is 2. The van der Waals surface area contributed by atoms with Gasteiger partial charge in [0.25, 0.3) is 0 Å². The van der Waals surface area contributed by atoms with Crippen LogP contribution < -0.4 is 5.73 Å². The van der Waals surface area contributed by atoms with Gasteiger partial charge in [0.15, 0.2) is 17.7 Å². The minimum absolute atomic E-state index is 0.0429. The molecule has 2 aromatic rings. The van der Waals surface area contributed by atoms with Crippen molar-refractivity contribution >= 4 is 40.2 Å². The number of hydrogen-bond acceptors (Lipinski definition) is 7. The molecule has 108 valence electrons. The van der Waals surface area contributed by atoms with Gasteiger partial charge in [-0.3, -0.25) is 4.57 Å². The van der Waals surface area contributed by atoms with Gasteiger partial charge in [-0.2, -0.15) is 9.97 Å². The number of aliphatic hydroxyl groups is 2. The van der Waals surface area contributed by atoms with Crippen LogP contribution in [0.5, 0.6) is 0 Å². The highest BCUT2D eigenvalue weighted by molar-refractivity contribution is 6.28. The van der Waals surface area contributed by atoms with Crippen molar-refractivity contribution in [2.75, 3.05) is 11.6 Å². The normalized spacial score (nSPS) is 30.2. The van der Waals surface area contributed by atoms with Crippen LogP contribution in [0.4, 0.5) is 5.82 Å². The van der Waals surface area contributed by atoms with Crippen molar-refractivity contribution in [2.45, 2.75) is 24.5 Å². The smallest absolute Gasteiger partial charge is 0.226 e. The van der Waals surface area contributed by atoms with E-state index < -0.39 is 24.5 Å². The highest BCUT2D eigenvalue weighted by Gasteiger charge is 2.43. The Morgan fingerprint density at radius 2 is 2.10 bits per heavy atom. The average Bonchev–Trinajstić information content (AvgIpc) is 2.93. The molecule has 2 aromatic heterocycles. The molecule has 3 rings (SSSR count). The molecule has 20 heavy (non-hydrogen) atoms. The standard InChI is InChI=1S/C10H11Cl2N5O3/c11-1-3-5(18)6(19)9(20-3)17-2-14-4-7(13)15-10(12)16-8(4)17/h2-3,5-6,9,18-19H,1H2,(H2,13,15,16). The van der Waals surface area contributed by atoms with E-state index in [-0.39, 0.29) is 17.0 Å². The minimum Gasteiger partial charge on any atom is -0.387 e. The number of imidazole rings is 1. The molecule has 0 aliphatic carbocycles. The Kier molecular flexibility index (Phi) is 3.43. The maximum atomic E-state index is 10.0. The molecule has 4 unspecified atom stereocenters. The second kappa shape index (κ2) is 4.97. The van der Waals surface area contributed by atoms with E-state index in [9.17, 15) is 10.2 Å². The van der Waals surface area contributed by atoms with Gasteiger partial charge in [-0.15, -0.1) is 11.6 Å². The third kappa shape index (κ3) is 2.00. The topological polar surface area (TPSA) is 119 Å². The van der Waals surface area contributed by atoms with Gasteiger partial charge in [-0.05, 0) is 11.6 Å². The molecule has 0 radical (unpaired) electrons. The zero-order valence-electron chi connectivity index (χ0n) is 10.0. The summed E-state index contributed by atoms with van der Waals surface area (Å²) in [5.74, 6) is 0.180. The van der Waals surface area contributed by atoms with Crippen LogP contribution in [-0.2, 0) is 4.74 Å². The predicted octanol–water partition coefficient (Wildman–Crippen LogP) is -0.0801. The number of nitrogens with two attached hydrogens (primary N) is 1. The van der Waals surface area contributed by atoms with Crippen LogP contribution >= 0.6 is 23.2 Å². The fourth-order valence-corrected chi connectivity index (χ4v) is 2.61. The fourth-order valence-electron chi connectivity index (χ4n) is 2.18. The molecular weight excluding hydrogens is 309 g/mol. The van der Waals surface area contributed by atoms with Crippen LogP contribution in [0.1, 0.15) is 6.23 Å². The monoisotopic (exact) mass is 319 g/mol. The van der Waals surface area contributed by atoms with Crippen molar-refractivity contribution in [2.24, 2.45) is 0 Å². The second-order valence-corrected chi connectivity index (χ2v) is 5.05. The third-order valence-corrected chi connectivity index (χ3v) is 3.66. The molecule has 4 atom stereocenters. The molecule has 1 fully saturated rings. The minimum atomic E-state index is -1.16. The van der Waals surface area contributed by atoms with Gasteiger partial charge in [-0.25, -0.2) is 4.98 Å². The van der Waals surface area contributed by atoms with E-state index >= 15 is 0 Å². The lowest BCUT2D eigenvalue weighted by molar-refractivity contribution is -0.0291. The largest absolute Gasteiger partial charge is 0.387 e. The van der Waals surface area contributed by atoms with Crippen LogP contribution in [0.25, 0.3) is 11.2 Å². The molecule has 0 aromatic carbocycles. The summed E-state index contributed by atoms with van der Waals surface area (Å²) in [6.07, 6.45) is -2.41. The molecule has 1 aliphatic rings. The summed E-state index contributed by atoms with van der Waals surface area (Å²) in [6.45, 7) is 0. The van der Waals surface area contributed by atoms with Crippen LogP contribution in [0.2, 0.25) is 5.28 Å². The molecule has 10 heteroatoms. The number of anilines is 1. The number of hydrogen-bond donors (Lipinski definition) is 3. The Bertz CT molecular complexity index is 651. The van der Waals surface area contributed by atoms with Crippen molar-refractivity contribution in [1.29, 1.82) is 0 Å². The van der Waals surface area contributed by atoms with Crippen molar-refractivity contribution in [1.82, 2.24) is 19.5 Å². The summed E-state index contributed by atoms with van der Waals surface area (Å²) in [4.78, 5) is 11.9. The van der Waals surface area contributed by atoms with E-state index in [1.54, 1.807) is 0 Å². The van der Waals surface area contributed by atoms with E-state index in [0.29, 0.717) is 11.2 Å². The summed E-state index contributed by atoms with van der Waals surface area (Å²) in [7, 11) is 0. The third-order valence-electron chi connectivity index (χ3n) is 3.18. The Morgan fingerprint density at radius 3 is 2.75 bits per heavy atom. The number of fused-ring (bicyclic) bond motifs is 1. The first-order valence-corrected chi connectivity index (χ1v) is 6.67. The molecule has 4 N–H and O–H groups in total. The number of nitrogen functional groups attached to an aromatic ring is 1. The maximum Gasteiger partial charge on any atom is 0.226 e. The molecule has 0 saturated carbocycles. The van der Waals surface area contributed by atoms with Crippen molar-refractivity contribution in [3.05, 3.63) is 11.6 Å². The van der Waals surface area contributed by atoms with Gasteiger partial charge in [0.1, 0.15) is 23.8 Å². The summed E-state index contributed by atoms with van der Waals surface area (Å²) in [5.41, 5.74) is 6.35. The fraction of sp³-hybridized carbons (Fsp3) is 0.500. The van der Waals surface area contributed by atoms with Crippen LogP contribution in [-0.4, -0.2) is 53.9 Å². The SMILES string of the molecule is Nc1nc(Cl)nc2c1ncn2C1OC(CCl)C(O)C1O. The summed E-state index contributed by atoms with van der Waals surface area (Å²) in [5, 5.41) is 19.8. The highest BCUT2D eigenvalue weighted by Crippen LogP contribution is 2.32. The van der Waals surface area contributed by atoms with Crippen LogP contribution in [0.3, 0.4) is 0 Å². The number of aromatic nitrogens is 4. The molecule has 3 heterocycles. The van der Waals surface area contributed by atoms with Crippen molar-refractivity contribution in [3.8, 4) is 0 Å². The first-order chi connectivity index (χ1) is 9.52. The summed E-state index contributed by atoms with van der Waals surface area (Å²) < 4.78 is 6.96. The summed E-state index contributed by atoms with van der Waals surface area (Å²) >= 11 is 11.4.